The van der Waals surface area contributed by atoms with Gasteiger partial charge in [-0.05, 0) is 73.5 Å². The van der Waals surface area contributed by atoms with Gasteiger partial charge in [-0.25, -0.2) is 9.97 Å². The number of aromatic nitrogens is 4. The Hall–Kier alpha value is -5.71. The average molecular weight is 575 g/mol. The quantitative estimate of drug-likeness (QED) is 0.243. The number of anilines is 3. The van der Waals surface area contributed by atoms with E-state index in [1.165, 1.54) is 13.2 Å². The van der Waals surface area contributed by atoms with Gasteiger partial charge in [-0.3, -0.25) is 24.2 Å². The van der Waals surface area contributed by atoms with E-state index in [1.807, 2.05) is 12.1 Å². The molecule has 0 aliphatic heterocycles. The van der Waals surface area contributed by atoms with Gasteiger partial charge < -0.3 is 20.4 Å². The number of carbonyl (C=O) groups excluding carboxylic acids is 3. The Morgan fingerprint density at radius 3 is 2.53 bits per heavy atom. The minimum Gasteiger partial charge on any atom is -0.468 e. The van der Waals surface area contributed by atoms with Crippen LogP contribution in [0.5, 0.6) is 0 Å². The van der Waals surface area contributed by atoms with Crippen LogP contribution in [0.3, 0.4) is 0 Å². The SMILES string of the molecule is COC(=O)[C@]1(C)CCC(=O)c2c1c1ccc(C(=O)Nc3ccc(Nc4nccc(-c5cccnc5)n4)cc3)cc1[nH]c2=O. The van der Waals surface area contributed by atoms with E-state index in [1.54, 1.807) is 68.0 Å². The van der Waals surface area contributed by atoms with E-state index in [-0.39, 0.29) is 29.8 Å². The fraction of sp³-hybridized carbons (Fsp3) is 0.156. The first-order valence-electron chi connectivity index (χ1n) is 13.5. The number of nitrogens with zero attached hydrogens (tertiary/aromatic N) is 3. The molecule has 11 nitrogen and oxygen atoms in total. The molecular formula is C32H26N6O5. The zero-order chi connectivity index (χ0) is 30.1. The van der Waals surface area contributed by atoms with Gasteiger partial charge in [-0.2, -0.15) is 0 Å². The van der Waals surface area contributed by atoms with Crippen LogP contribution in [0.4, 0.5) is 17.3 Å². The third-order valence-corrected chi connectivity index (χ3v) is 7.61. The number of aromatic amines is 1. The molecule has 0 saturated heterocycles. The molecular weight excluding hydrogens is 548 g/mol. The molecule has 0 fully saturated rings. The van der Waals surface area contributed by atoms with Crippen molar-refractivity contribution >= 4 is 45.9 Å². The van der Waals surface area contributed by atoms with Crippen LogP contribution in [0.25, 0.3) is 22.2 Å². The predicted octanol–water partition coefficient (Wildman–Crippen LogP) is 4.78. The minimum atomic E-state index is -1.17. The molecule has 3 aromatic heterocycles. The molecule has 0 saturated carbocycles. The number of nitrogens with one attached hydrogen (secondary N) is 3. The van der Waals surface area contributed by atoms with Crippen LogP contribution in [0.1, 0.15) is 46.0 Å². The maximum absolute atomic E-state index is 13.1. The molecule has 0 radical (unpaired) electrons. The molecule has 11 heteroatoms. The zero-order valence-electron chi connectivity index (χ0n) is 23.3. The lowest BCUT2D eigenvalue weighted by Crippen LogP contribution is -2.42. The van der Waals surface area contributed by atoms with E-state index >= 15 is 0 Å². The number of Topliss-reactive ketones (excluding diaryl/α,β-unsaturated/α-hetero) is 1. The van der Waals surface area contributed by atoms with Crippen LogP contribution >= 0.6 is 0 Å². The van der Waals surface area contributed by atoms with E-state index in [0.717, 1.165) is 16.9 Å². The van der Waals surface area contributed by atoms with E-state index in [2.05, 4.69) is 30.6 Å². The van der Waals surface area contributed by atoms with Gasteiger partial charge >= 0.3 is 5.97 Å². The van der Waals surface area contributed by atoms with Crippen LogP contribution in [0, 0.1) is 0 Å². The molecule has 3 heterocycles. The van der Waals surface area contributed by atoms with E-state index < -0.39 is 22.9 Å². The summed E-state index contributed by atoms with van der Waals surface area (Å²) in [5.41, 5.74) is 2.02. The van der Waals surface area contributed by atoms with Gasteiger partial charge in [0, 0.05) is 58.4 Å². The van der Waals surface area contributed by atoms with Gasteiger partial charge in [-0.15, -0.1) is 0 Å². The Bertz CT molecular complexity index is 1960. The van der Waals surface area contributed by atoms with Crippen molar-refractivity contribution in [3.05, 3.63) is 106 Å². The van der Waals surface area contributed by atoms with Crippen molar-refractivity contribution in [2.75, 3.05) is 17.7 Å². The summed E-state index contributed by atoms with van der Waals surface area (Å²) in [6.07, 6.45) is 5.37. The van der Waals surface area contributed by atoms with Crippen LogP contribution in [0.2, 0.25) is 0 Å². The number of ether oxygens (including phenoxy) is 1. The Kier molecular flexibility index (Phi) is 6.98. The number of hydrogen-bond donors (Lipinski definition) is 3. The van der Waals surface area contributed by atoms with Crippen molar-refractivity contribution in [2.24, 2.45) is 0 Å². The maximum atomic E-state index is 13.1. The van der Waals surface area contributed by atoms with Crippen LogP contribution in [-0.2, 0) is 14.9 Å². The second-order valence-corrected chi connectivity index (χ2v) is 10.4. The summed E-state index contributed by atoms with van der Waals surface area (Å²) in [6.45, 7) is 1.67. The van der Waals surface area contributed by atoms with Crippen molar-refractivity contribution in [3.8, 4) is 11.3 Å². The number of rotatable bonds is 6. The van der Waals surface area contributed by atoms with Gasteiger partial charge in [0.2, 0.25) is 5.95 Å². The molecule has 0 bridgehead atoms. The fourth-order valence-electron chi connectivity index (χ4n) is 5.39. The number of pyridine rings is 2. The third-order valence-electron chi connectivity index (χ3n) is 7.61. The fourth-order valence-corrected chi connectivity index (χ4v) is 5.39. The topological polar surface area (TPSA) is 156 Å². The van der Waals surface area contributed by atoms with Crippen molar-refractivity contribution < 1.29 is 19.1 Å². The van der Waals surface area contributed by atoms with Crippen LogP contribution < -0.4 is 16.2 Å². The number of ketones is 1. The first-order chi connectivity index (χ1) is 20.8. The van der Waals surface area contributed by atoms with Gasteiger partial charge in [-0.1, -0.05) is 6.07 Å². The smallest absolute Gasteiger partial charge is 0.316 e. The lowest BCUT2D eigenvalue weighted by molar-refractivity contribution is -0.147. The molecule has 0 spiro atoms. The lowest BCUT2D eigenvalue weighted by Gasteiger charge is -2.33. The molecule has 0 unspecified atom stereocenters. The molecule has 1 aliphatic rings. The number of fused-ring (bicyclic) bond motifs is 3. The molecule has 5 aromatic rings. The second-order valence-electron chi connectivity index (χ2n) is 10.4. The summed E-state index contributed by atoms with van der Waals surface area (Å²) < 4.78 is 5.03. The Balaban J connectivity index is 1.22. The Labute approximate surface area is 245 Å². The summed E-state index contributed by atoms with van der Waals surface area (Å²) in [7, 11) is 1.28. The number of carbonyl (C=O) groups is 3. The molecule has 43 heavy (non-hydrogen) atoms. The summed E-state index contributed by atoms with van der Waals surface area (Å²) in [5, 5.41) is 6.51. The van der Waals surface area contributed by atoms with E-state index in [0.29, 0.717) is 28.1 Å². The third kappa shape index (κ3) is 5.12. The zero-order valence-corrected chi connectivity index (χ0v) is 23.3. The normalized spacial score (nSPS) is 15.9. The highest BCUT2D eigenvalue weighted by Gasteiger charge is 2.45. The first kappa shape index (κ1) is 27.5. The highest BCUT2D eigenvalue weighted by Crippen LogP contribution is 2.40. The second kappa shape index (κ2) is 10.9. The average Bonchev–Trinajstić information content (AvgIpc) is 3.03. The summed E-state index contributed by atoms with van der Waals surface area (Å²) in [5.74, 6) is -0.844. The molecule has 3 N–H and O–H groups in total. The van der Waals surface area contributed by atoms with Crippen LogP contribution in [0.15, 0.2) is 84.0 Å². The van der Waals surface area contributed by atoms with Gasteiger partial charge in [0.25, 0.3) is 11.5 Å². The largest absolute Gasteiger partial charge is 0.468 e. The highest BCUT2D eigenvalue weighted by atomic mass is 16.5. The Morgan fingerprint density at radius 1 is 1.00 bits per heavy atom. The molecule has 1 aliphatic carbocycles. The number of H-pyrrole nitrogens is 1. The van der Waals surface area contributed by atoms with Gasteiger partial charge in [0.15, 0.2) is 5.78 Å². The van der Waals surface area contributed by atoms with Gasteiger partial charge in [0.05, 0.1) is 23.8 Å². The number of esters is 1. The summed E-state index contributed by atoms with van der Waals surface area (Å²) in [4.78, 5) is 67.2. The standard InChI is InChI=1S/C32H26N6O5/c1-32(30(42)43-2)13-11-25(39)26-27(32)22-10-5-18(16-24(22)37-29(26)41)28(40)35-20-6-8-21(9-7-20)36-31-34-15-12-23(38-31)19-4-3-14-33-17-19/h3-10,12,14-17H,11,13H2,1-2H3,(H,35,40)(H,37,41)(H,34,36,38)/t32-/m1/s1. The number of amides is 1. The van der Waals surface area contributed by atoms with E-state index in [9.17, 15) is 19.2 Å². The maximum Gasteiger partial charge on any atom is 0.316 e. The molecule has 2 aromatic carbocycles. The first-order valence-corrected chi connectivity index (χ1v) is 13.5. The van der Waals surface area contributed by atoms with Crippen molar-refractivity contribution in [3.63, 3.8) is 0 Å². The monoisotopic (exact) mass is 574 g/mol. The summed E-state index contributed by atoms with van der Waals surface area (Å²) >= 11 is 0. The number of hydrogen-bond acceptors (Lipinski definition) is 9. The molecule has 1 atom stereocenters. The Morgan fingerprint density at radius 2 is 1.79 bits per heavy atom. The predicted molar refractivity (Wildman–Crippen MR) is 160 cm³/mol. The van der Waals surface area contributed by atoms with Gasteiger partial charge in [0.1, 0.15) is 0 Å². The molecule has 1 amide bonds. The number of benzene rings is 2. The van der Waals surface area contributed by atoms with Crippen molar-refractivity contribution in [1.29, 1.82) is 0 Å². The summed E-state index contributed by atoms with van der Waals surface area (Å²) in [6, 6.07) is 17.4. The molecule has 214 valence electrons. The minimum absolute atomic E-state index is 0.0354. The highest BCUT2D eigenvalue weighted by molar-refractivity contribution is 6.09. The molecule has 6 rings (SSSR count). The van der Waals surface area contributed by atoms with Crippen molar-refractivity contribution in [1.82, 2.24) is 19.9 Å². The van der Waals surface area contributed by atoms with Crippen molar-refractivity contribution in [2.45, 2.75) is 25.2 Å². The number of methoxy groups -OCH3 is 1. The lowest BCUT2D eigenvalue weighted by atomic mass is 9.70. The van der Waals surface area contributed by atoms with Crippen LogP contribution in [-0.4, -0.2) is 44.7 Å². The van der Waals surface area contributed by atoms with E-state index in [4.69, 9.17) is 4.74 Å².